The highest BCUT2D eigenvalue weighted by Crippen LogP contribution is 2.14. The molecule has 0 aromatic carbocycles. The van der Waals surface area contributed by atoms with Gasteiger partial charge in [0.15, 0.2) is 5.96 Å². The summed E-state index contributed by atoms with van der Waals surface area (Å²) in [6.45, 7) is 8.03. The molecule has 4 nitrogen and oxygen atoms in total. The number of aliphatic imine (C=N–C) groups is 1. The minimum Gasteiger partial charge on any atom is -0.356 e. The summed E-state index contributed by atoms with van der Waals surface area (Å²) in [5.41, 5.74) is 0. The van der Waals surface area contributed by atoms with E-state index in [0.29, 0.717) is 6.04 Å². The molecule has 0 aliphatic carbocycles. The number of guanidine groups is 1. The number of nitrogens with one attached hydrogen (secondary N) is 2. The second kappa shape index (κ2) is 13.4. The molecule has 0 amide bonds. The lowest BCUT2D eigenvalue weighted by Gasteiger charge is -2.29. The van der Waals surface area contributed by atoms with Crippen molar-refractivity contribution in [3.8, 4) is 0 Å². The summed E-state index contributed by atoms with van der Waals surface area (Å²) in [4.78, 5) is 6.77. The molecule has 22 heavy (non-hydrogen) atoms. The second-order valence-electron chi connectivity index (χ2n) is 6.59. The van der Waals surface area contributed by atoms with Crippen molar-refractivity contribution in [2.24, 2.45) is 10.9 Å². The maximum atomic E-state index is 4.36. The first-order valence-electron chi connectivity index (χ1n) is 8.81. The van der Waals surface area contributed by atoms with Crippen molar-refractivity contribution in [2.45, 2.75) is 64.8 Å². The van der Waals surface area contributed by atoms with Gasteiger partial charge in [-0.1, -0.05) is 32.6 Å². The summed E-state index contributed by atoms with van der Waals surface area (Å²) in [7, 11) is 4.08. The molecule has 0 saturated carbocycles. The fourth-order valence-electron chi connectivity index (χ4n) is 2.88. The van der Waals surface area contributed by atoms with E-state index in [2.05, 4.69) is 41.4 Å². The van der Waals surface area contributed by atoms with Gasteiger partial charge < -0.3 is 15.5 Å². The molecule has 132 valence electrons. The zero-order chi connectivity index (χ0) is 15.5. The van der Waals surface area contributed by atoms with Gasteiger partial charge >= 0.3 is 0 Å². The molecule has 0 aromatic heterocycles. The van der Waals surface area contributed by atoms with Crippen molar-refractivity contribution in [1.29, 1.82) is 0 Å². The Morgan fingerprint density at radius 2 is 1.91 bits per heavy atom. The SMILES string of the molecule is CCCCCCC(C)NC(=NC)NCC1CCN(C)CC1.I. The van der Waals surface area contributed by atoms with Gasteiger partial charge in [0, 0.05) is 19.6 Å². The first-order chi connectivity index (χ1) is 10.2. The molecular weight excluding hydrogens is 387 g/mol. The summed E-state index contributed by atoms with van der Waals surface area (Å²) < 4.78 is 0. The number of halogens is 1. The zero-order valence-corrected chi connectivity index (χ0v) is 17.4. The molecule has 1 rings (SSSR count). The van der Waals surface area contributed by atoms with E-state index in [-0.39, 0.29) is 24.0 Å². The smallest absolute Gasteiger partial charge is 0.191 e. The summed E-state index contributed by atoms with van der Waals surface area (Å²) in [5, 5.41) is 7.03. The number of piperidine rings is 1. The Labute approximate surface area is 154 Å². The summed E-state index contributed by atoms with van der Waals surface area (Å²) in [6, 6.07) is 0.505. The molecule has 0 spiro atoms. The molecule has 1 heterocycles. The van der Waals surface area contributed by atoms with Gasteiger partial charge in [0.25, 0.3) is 0 Å². The number of hydrogen-bond acceptors (Lipinski definition) is 2. The fourth-order valence-corrected chi connectivity index (χ4v) is 2.88. The lowest BCUT2D eigenvalue weighted by atomic mass is 9.97. The minimum atomic E-state index is 0. The van der Waals surface area contributed by atoms with Gasteiger partial charge in [-0.2, -0.15) is 0 Å². The normalized spacial score (nSPS) is 18.6. The Morgan fingerprint density at radius 3 is 2.50 bits per heavy atom. The highest BCUT2D eigenvalue weighted by atomic mass is 127. The molecule has 0 aromatic rings. The van der Waals surface area contributed by atoms with Crippen molar-refractivity contribution in [3.05, 3.63) is 0 Å². The molecule has 0 radical (unpaired) electrons. The number of hydrogen-bond donors (Lipinski definition) is 2. The molecule has 1 fully saturated rings. The van der Waals surface area contributed by atoms with Crippen LogP contribution in [0.4, 0.5) is 0 Å². The largest absolute Gasteiger partial charge is 0.356 e. The highest BCUT2D eigenvalue weighted by Gasteiger charge is 2.16. The summed E-state index contributed by atoms with van der Waals surface area (Å²) in [6.07, 6.45) is 9.16. The van der Waals surface area contributed by atoms with Crippen molar-refractivity contribution in [3.63, 3.8) is 0 Å². The van der Waals surface area contributed by atoms with Gasteiger partial charge in [-0.25, -0.2) is 0 Å². The molecule has 1 aliphatic rings. The molecule has 5 heteroatoms. The number of rotatable bonds is 8. The lowest BCUT2D eigenvalue weighted by molar-refractivity contribution is 0.220. The van der Waals surface area contributed by atoms with Crippen LogP contribution in [0.5, 0.6) is 0 Å². The Bertz CT molecular complexity index is 288. The van der Waals surface area contributed by atoms with Crippen LogP contribution in [0, 0.1) is 5.92 Å². The molecule has 1 unspecified atom stereocenters. The van der Waals surface area contributed by atoms with Crippen LogP contribution in [0.1, 0.15) is 58.8 Å². The Kier molecular flexibility index (Phi) is 13.4. The summed E-state index contributed by atoms with van der Waals surface area (Å²) in [5.74, 6) is 1.76. The quantitative estimate of drug-likeness (QED) is 0.271. The van der Waals surface area contributed by atoms with Gasteiger partial charge in [-0.15, -0.1) is 24.0 Å². The monoisotopic (exact) mass is 424 g/mol. The van der Waals surface area contributed by atoms with Crippen molar-refractivity contribution in [1.82, 2.24) is 15.5 Å². The summed E-state index contributed by atoms with van der Waals surface area (Å²) >= 11 is 0. The van der Waals surface area contributed by atoms with Crippen LogP contribution in [-0.4, -0.2) is 50.6 Å². The Hall–Kier alpha value is -0.0400. The molecule has 1 saturated heterocycles. The zero-order valence-electron chi connectivity index (χ0n) is 15.0. The molecule has 1 atom stereocenters. The van der Waals surface area contributed by atoms with Crippen LogP contribution in [0.3, 0.4) is 0 Å². The van der Waals surface area contributed by atoms with Crippen molar-refractivity contribution in [2.75, 3.05) is 33.7 Å². The first-order valence-corrected chi connectivity index (χ1v) is 8.81. The second-order valence-corrected chi connectivity index (χ2v) is 6.59. The number of nitrogens with zero attached hydrogens (tertiary/aromatic N) is 2. The lowest BCUT2D eigenvalue weighted by Crippen LogP contribution is -2.45. The molecule has 0 bridgehead atoms. The third-order valence-corrected chi connectivity index (χ3v) is 4.49. The van der Waals surface area contributed by atoms with Gasteiger partial charge in [-0.3, -0.25) is 4.99 Å². The average Bonchev–Trinajstić information content (AvgIpc) is 2.49. The number of unbranched alkanes of at least 4 members (excludes halogenated alkanes) is 3. The van der Waals surface area contributed by atoms with E-state index in [1.54, 1.807) is 0 Å². The van der Waals surface area contributed by atoms with E-state index < -0.39 is 0 Å². The van der Waals surface area contributed by atoms with Crippen LogP contribution < -0.4 is 10.6 Å². The van der Waals surface area contributed by atoms with Gasteiger partial charge in [0.05, 0.1) is 0 Å². The average molecular weight is 424 g/mol. The van der Waals surface area contributed by atoms with E-state index in [0.717, 1.165) is 18.4 Å². The predicted octanol–water partition coefficient (Wildman–Crippen LogP) is 3.47. The topological polar surface area (TPSA) is 39.7 Å². The van der Waals surface area contributed by atoms with E-state index in [1.807, 2.05) is 7.05 Å². The highest BCUT2D eigenvalue weighted by molar-refractivity contribution is 14.0. The van der Waals surface area contributed by atoms with Gasteiger partial charge in [0.1, 0.15) is 0 Å². The van der Waals surface area contributed by atoms with Crippen LogP contribution in [0.25, 0.3) is 0 Å². The fraction of sp³-hybridized carbons (Fsp3) is 0.941. The third-order valence-electron chi connectivity index (χ3n) is 4.49. The maximum Gasteiger partial charge on any atom is 0.191 e. The van der Waals surface area contributed by atoms with Crippen LogP contribution in [0.15, 0.2) is 4.99 Å². The van der Waals surface area contributed by atoms with E-state index in [1.165, 1.54) is 58.0 Å². The van der Waals surface area contributed by atoms with Crippen LogP contribution >= 0.6 is 24.0 Å². The predicted molar refractivity (Wildman–Crippen MR) is 108 cm³/mol. The van der Waals surface area contributed by atoms with E-state index in [9.17, 15) is 0 Å². The molecule has 1 aliphatic heterocycles. The van der Waals surface area contributed by atoms with E-state index >= 15 is 0 Å². The van der Waals surface area contributed by atoms with Crippen molar-refractivity contribution < 1.29 is 0 Å². The first kappa shape index (κ1) is 22.0. The number of likely N-dealkylation sites (tertiary alicyclic amines) is 1. The Balaban J connectivity index is 0.00000441. The minimum absolute atomic E-state index is 0. The Morgan fingerprint density at radius 1 is 1.23 bits per heavy atom. The standard InChI is InChI=1S/C17H36N4.HI/c1-5-6-7-8-9-15(2)20-17(18-3)19-14-16-10-12-21(4)13-11-16;/h15-16H,5-14H2,1-4H3,(H2,18,19,20);1H. The molecule has 2 N–H and O–H groups in total. The van der Waals surface area contributed by atoms with Crippen LogP contribution in [0.2, 0.25) is 0 Å². The molecular formula is C17H37IN4. The van der Waals surface area contributed by atoms with Crippen LogP contribution in [-0.2, 0) is 0 Å². The van der Waals surface area contributed by atoms with Crippen molar-refractivity contribution >= 4 is 29.9 Å². The van der Waals surface area contributed by atoms with Gasteiger partial charge in [-0.05, 0) is 52.2 Å². The maximum absolute atomic E-state index is 4.36. The van der Waals surface area contributed by atoms with Gasteiger partial charge in [0.2, 0.25) is 0 Å². The van der Waals surface area contributed by atoms with E-state index in [4.69, 9.17) is 0 Å². The third kappa shape index (κ3) is 9.87.